The molecule has 4 heteroatoms. The van der Waals surface area contributed by atoms with Crippen LogP contribution in [0, 0.1) is 17.8 Å². The minimum Gasteiger partial charge on any atom is -0.507 e. The Bertz CT molecular complexity index is 860. The highest BCUT2D eigenvalue weighted by molar-refractivity contribution is 5.41. The van der Waals surface area contributed by atoms with E-state index in [1.54, 1.807) is 6.07 Å². The Hall–Kier alpha value is -2.07. The van der Waals surface area contributed by atoms with E-state index in [9.17, 15) is 9.90 Å². The van der Waals surface area contributed by atoms with Crippen molar-refractivity contribution in [1.29, 1.82) is 0 Å². The average molecular weight is 397 g/mol. The van der Waals surface area contributed by atoms with Crippen molar-refractivity contribution in [2.75, 3.05) is 13.2 Å². The summed E-state index contributed by atoms with van der Waals surface area (Å²) < 4.78 is 11.5. The predicted molar refractivity (Wildman–Crippen MR) is 113 cm³/mol. The van der Waals surface area contributed by atoms with Gasteiger partial charge in [-0.2, -0.15) is 0 Å². The average Bonchev–Trinajstić information content (AvgIpc) is 3.55. The van der Waals surface area contributed by atoms with Crippen LogP contribution in [0.15, 0.2) is 45.6 Å². The highest BCUT2D eigenvalue weighted by atomic mass is 16.5. The molecule has 2 heterocycles. The quantitative estimate of drug-likeness (QED) is 0.677. The lowest BCUT2D eigenvalue weighted by atomic mass is 9.82. The Kier molecular flexibility index (Phi) is 6.09. The summed E-state index contributed by atoms with van der Waals surface area (Å²) in [6.45, 7) is 5.91. The molecular formula is C25H32O4. The molecule has 0 amide bonds. The summed E-state index contributed by atoms with van der Waals surface area (Å²) >= 11 is 0. The predicted octanol–water partition coefficient (Wildman–Crippen LogP) is 5.44. The van der Waals surface area contributed by atoms with Crippen molar-refractivity contribution in [2.45, 2.75) is 57.8 Å². The highest BCUT2D eigenvalue weighted by Crippen LogP contribution is 2.48. The van der Waals surface area contributed by atoms with Crippen LogP contribution in [0.5, 0.6) is 5.75 Å². The van der Waals surface area contributed by atoms with Crippen molar-refractivity contribution in [1.82, 2.24) is 0 Å². The molecule has 0 bridgehead atoms. The zero-order valence-electron chi connectivity index (χ0n) is 17.5. The fourth-order valence-corrected chi connectivity index (χ4v) is 4.81. The summed E-state index contributed by atoms with van der Waals surface area (Å²) in [5, 5.41) is 10.9. The normalized spacial score (nSPS) is 21.8. The molecule has 1 N–H and O–H groups in total. The number of aromatic hydroxyl groups is 1. The molecule has 4 nitrogen and oxygen atoms in total. The Morgan fingerprint density at radius 1 is 1.14 bits per heavy atom. The summed E-state index contributed by atoms with van der Waals surface area (Å²) in [6.07, 6.45) is 5.32. The second kappa shape index (κ2) is 8.74. The number of rotatable bonds is 7. The van der Waals surface area contributed by atoms with Crippen LogP contribution in [0.1, 0.15) is 74.7 Å². The van der Waals surface area contributed by atoms with Crippen LogP contribution in [-0.4, -0.2) is 18.3 Å². The first-order chi connectivity index (χ1) is 14.0. The molecule has 1 aromatic carbocycles. The molecule has 2 fully saturated rings. The van der Waals surface area contributed by atoms with Gasteiger partial charge in [-0.05, 0) is 55.4 Å². The fraction of sp³-hybridized carbons (Fsp3) is 0.560. The Balaban J connectivity index is 1.66. The van der Waals surface area contributed by atoms with E-state index in [2.05, 4.69) is 13.8 Å². The van der Waals surface area contributed by atoms with Gasteiger partial charge in [-0.25, -0.2) is 4.79 Å². The molecule has 4 rings (SSSR count). The molecule has 1 aliphatic heterocycles. The van der Waals surface area contributed by atoms with Crippen molar-refractivity contribution in [3.8, 4) is 5.75 Å². The lowest BCUT2D eigenvalue weighted by molar-refractivity contribution is 0.0457. The second-order valence-electron chi connectivity index (χ2n) is 9.13. The van der Waals surface area contributed by atoms with Crippen LogP contribution in [0.25, 0.3) is 0 Å². The van der Waals surface area contributed by atoms with Crippen LogP contribution in [0.4, 0.5) is 0 Å². The van der Waals surface area contributed by atoms with Crippen molar-refractivity contribution in [3.63, 3.8) is 0 Å². The standard InChI is InChI=1S/C25H32O4/c1-16(2)20(13-17-7-6-12-28-15-17)22-14-21(26)24(25(27)29-22)23(19-10-11-19)18-8-4-3-5-9-18/h3-5,8-9,14,16-17,19-20,23,26H,6-7,10-13,15H2,1-2H3. The second-order valence-corrected chi connectivity index (χ2v) is 9.13. The van der Waals surface area contributed by atoms with Crippen LogP contribution in [-0.2, 0) is 4.74 Å². The first-order valence-electron chi connectivity index (χ1n) is 11.0. The summed E-state index contributed by atoms with van der Waals surface area (Å²) in [5.74, 6) is 1.90. The van der Waals surface area contributed by atoms with Gasteiger partial charge < -0.3 is 14.3 Å². The highest BCUT2D eigenvalue weighted by Gasteiger charge is 2.37. The van der Waals surface area contributed by atoms with E-state index in [0.29, 0.717) is 29.1 Å². The Morgan fingerprint density at radius 3 is 2.48 bits per heavy atom. The number of ether oxygens (including phenoxy) is 1. The SMILES string of the molecule is CC(C)C(CC1CCCOC1)c1cc(O)c(C(c2ccccc2)C2CC2)c(=O)o1. The molecular weight excluding hydrogens is 364 g/mol. The summed E-state index contributed by atoms with van der Waals surface area (Å²) in [5.41, 5.74) is 1.11. The first kappa shape index (κ1) is 20.2. The van der Waals surface area contributed by atoms with Gasteiger partial charge in [0.2, 0.25) is 0 Å². The molecule has 1 saturated heterocycles. The minimum atomic E-state index is -0.383. The van der Waals surface area contributed by atoms with Gasteiger partial charge in [0.05, 0.1) is 5.56 Å². The molecule has 2 aromatic rings. The topological polar surface area (TPSA) is 59.7 Å². The third kappa shape index (κ3) is 4.58. The van der Waals surface area contributed by atoms with Gasteiger partial charge in [0.15, 0.2) is 0 Å². The van der Waals surface area contributed by atoms with Crippen molar-refractivity contribution in [2.24, 2.45) is 17.8 Å². The third-order valence-corrected chi connectivity index (χ3v) is 6.56. The van der Waals surface area contributed by atoms with Crippen LogP contribution < -0.4 is 5.63 Å². The zero-order valence-corrected chi connectivity index (χ0v) is 17.5. The number of benzene rings is 1. The van der Waals surface area contributed by atoms with Gasteiger partial charge in [0.25, 0.3) is 0 Å². The Labute approximate surface area is 172 Å². The van der Waals surface area contributed by atoms with Crippen molar-refractivity contribution in [3.05, 3.63) is 63.7 Å². The molecule has 0 spiro atoms. The molecule has 1 aliphatic carbocycles. The first-order valence-corrected chi connectivity index (χ1v) is 11.0. The maximum Gasteiger partial charge on any atom is 0.343 e. The van der Waals surface area contributed by atoms with Gasteiger partial charge in [0.1, 0.15) is 11.5 Å². The van der Waals surface area contributed by atoms with E-state index in [4.69, 9.17) is 9.15 Å². The maximum absolute atomic E-state index is 13.1. The van der Waals surface area contributed by atoms with Crippen LogP contribution >= 0.6 is 0 Å². The van der Waals surface area contributed by atoms with Gasteiger partial charge in [0, 0.05) is 31.1 Å². The van der Waals surface area contributed by atoms with E-state index >= 15 is 0 Å². The van der Waals surface area contributed by atoms with Gasteiger partial charge in [-0.1, -0.05) is 44.2 Å². The van der Waals surface area contributed by atoms with E-state index < -0.39 is 0 Å². The van der Waals surface area contributed by atoms with Crippen LogP contribution in [0.2, 0.25) is 0 Å². The van der Waals surface area contributed by atoms with E-state index in [1.807, 2.05) is 30.3 Å². The van der Waals surface area contributed by atoms with E-state index in [-0.39, 0.29) is 23.2 Å². The summed E-state index contributed by atoms with van der Waals surface area (Å²) in [6, 6.07) is 11.7. The van der Waals surface area contributed by atoms with Gasteiger partial charge in [-0.3, -0.25) is 0 Å². The van der Waals surface area contributed by atoms with E-state index in [0.717, 1.165) is 50.9 Å². The van der Waals surface area contributed by atoms with Crippen LogP contribution in [0.3, 0.4) is 0 Å². The lowest BCUT2D eigenvalue weighted by Gasteiger charge is -2.28. The van der Waals surface area contributed by atoms with Crippen molar-refractivity contribution >= 4 is 0 Å². The van der Waals surface area contributed by atoms with E-state index in [1.165, 1.54) is 0 Å². The molecule has 1 saturated carbocycles. The fourth-order valence-electron chi connectivity index (χ4n) is 4.81. The molecule has 1 aromatic heterocycles. The van der Waals surface area contributed by atoms with Gasteiger partial charge >= 0.3 is 5.63 Å². The zero-order chi connectivity index (χ0) is 20.4. The molecule has 156 valence electrons. The number of hydrogen-bond donors (Lipinski definition) is 1. The van der Waals surface area contributed by atoms with Crippen molar-refractivity contribution < 1.29 is 14.3 Å². The minimum absolute atomic E-state index is 0.0857. The largest absolute Gasteiger partial charge is 0.507 e. The molecule has 2 aliphatic rings. The molecule has 3 unspecified atom stereocenters. The lowest BCUT2D eigenvalue weighted by Crippen LogP contribution is -2.23. The smallest absolute Gasteiger partial charge is 0.343 e. The third-order valence-electron chi connectivity index (χ3n) is 6.56. The summed E-state index contributed by atoms with van der Waals surface area (Å²) in [7, 11) is 0. The maximum atomic E-state index is 13.1. The molecule has 29 heavy (non-hydrogen) atoms. The molecule has 0 radical (unpaired) electrons. The Morgan fingerprint density at radius 2 is 1.90 bits per heavy atom. The van der Waals surface area contributed by atoms with Gasteiger partial charge in [-0.15, -0.1) is 0 Å². The monoisotopic (exact) mass is 396 g/mol. The summed E-state index contributed by atoms with van der Waals surface area (Å²) in [4.78, 5) is 13.1. The number of hydrogen-bond acceptors (Lipinski definition) is 4. The molecule has 3 atom stereocenters.